The van der Waals surface area contributed by atoms with Crippen LogP contribution in [0.25, 0.3) is 0 Å². The summed E-state index contributed by atoms with van der Waals surface area (Å²) in [5, 5.41) is 8.65. The van der Waals surface area contributed by atoms with Crippen LogP contribution in [-0.4, -0.2) is 53.9 Å². The van der Waals surface area contributed by atoms with Crippen molar-refractivity contribution in [1.29, 1.82) is 0 Å². The Bertz CT molecular complexity index is 284. The van der Waals surface area contributed by atoms with E-state index in [1.165, 1.54) is 4.90 Å². The molecule has 1 amide bonds. The Kier molecular flexibility index (Phi) is 4.23. The van der Waals surface area contributed by atoms with Crippen LogP contribution in [0.5, 0.6) is 0 Å². The molecule has 6 heteroatoms. The molecule has 0 aromatic carbocycles. The van der Waals surface area contributed by atoms with Crippen molar-refractivity contribution in [2.24, 2.45) is 0 Å². The molecular weight excluding hydrogens is 217 g/mol. The van der Waals surface area contributed by atoms with E-state index in [4.69, 9.17) is 9.84 Å². The van der Waals surface area contributed by atoms with Gasteiger partial charge < -0.3 is 14.7 Å². The second kappa shape index (κ2) is 5.25. The molecule has 1 saturated heterocycles. The Hall–Kier alpha value is -1.17. The second-order valence-electron chi connectivity index (χ2n) is 3.78. The van der Waals surface area contributed by atoms with E-state index >= 15 is 0 Å². The number of carboxylic acid groups (broad SMARTS) is 1. The van der Waals surface area contributed by atoms with Crippen molar-refractivity contribution in [3.05, 3.63) is 0 Å². The first-order chi connectivity index (χ1) is 7.49. The molecule has 1 N–H and O–H groups in total. The van der Waals surface area contributed by atoms with E-state index in [-0.39, 0.29) is 38.4 Å². The lowest BCUT2D eigenvalue weighted by Crippen LogP contribution is -2.39. The number of alkyl halides is 1. The third kappa shape index (κ3) is 2.91. The third-order valence-corrected chi connectivity index (χ3v) is 2.62. The number of likely N-dealkylation sites (tertiary alicyclic amines) is 1. The average Bonchev–Trinajstić information content (AvgIpc) is 2.63. The highest BCUT2D eigenvalue weighted by atomic mass is 19.1. The summed E-state index contributed by atoms with van der Waals surface area (Å²) in [6.07, 6.45) is 0.0340. The minimum Gasteiger partial charge on any atom is -0.479 e. The summed E-state index contributed by atoms with van der Waals surface area (Å²) in [5.41, 5.74) is -2.28. The zero-order chi connectivity index (χ0) is 12.2. The maximum atomic E-state index is 13.6. The predicted molar refractivity (Wildman–Crippen MR) is 53.8 cm³/mol. The summed E-state index contributed by atoms with van der Waals surface area (Å²) in [6, 6.07) is 0. The van der Waals surface area contributed by atoms with E-state index in [9.17, 15) is 14.0 Å². The number of hydrogen-bond acceptors (Lipinski definition) is 3. The molecule has 1 fully saturated rings. The second-order valence-corrected chi connectivity index (χ2v) is 3.78. The van der Waals surface area contributed by atoms with Crippen molar-refractivity contribution < 1.29 is 23.8 Å². The lowest BCUT2D eigenvalue weighted by atomic mass is 10.1. The van der Waals surface area contributed by atoms with E-state index in [0.29, 0.717) is 6.61 Å². The van der Waals surface area contributed by atoms with Gasteiger partial charge in [0, 0.05) is 19.6 Å². The lowest BCUT2D eigenvalue weighted by Gasteiger charge is -2.17. The van der Waals surface area contributed by atoms with E-state index < -0.39 is 11.6 Å². The molecule has 1 rings (SSSR count). The number of carbonyl (C=O) groups is 2. The zero-order valence-corrected chi connectivity index (χ0v) is 9.24. The summed E-state index contributed by atoms with van der Waals surface area (Å²) in [6.45, 7) is 2.44. The molecular formula is C10H16FNO4. The summed E-state index contributed by atoms with van der Waals surface area (Å²) in [5.74, 6) is -1.75. The summed E-state index contributed by atoms with van der Waals surface area (Å²) in [4.78, 5) is 23.4. The number of carboxylic acids is 1. The van der Waals surface area contributed by atoms with Gasteiger partial charge in [0.05, 0.1) is 19.6 Å². The van der Waals surface area contributed by atoms with Gasteiger partial charge in [-0.2, -0.15) is 0 Å². The Balaban J connectivity index is 2.41. The fraction of sp³-hybridized carbons (Fsp3) is 0.800. The highest BCUT2D eigenvalue weighted by Gasteiger charge is 2.46. The molecule has 1 unspecified atom stereocenters. The minimum absolute atomic E-state index is 0.136. The number of carbonyl (C=O) groups excluding carboxylic acids is 1. The topological polar surface area (TPSA) is 66.8 Å². The Morgan fingerprint density at radius 1 is 1.56 bits per heavy atom. The molecule has 0 bridgehead atoms. The van der Waals surface area contributed by atoms with E-state index in [1.807, 2.05) is 6.92 Å². The number of halogens is 1. The summed E-state index contributed by atoms with van der Waals surface area (Å²) < 4.78 is 18.6. The highest BCUT2D eigenvalue weighted by molar-refractivity contribution is 5.82. The number of rotatable bonds is 5. The van der Waals surface area contributed by atoms with Crippen LogP contribution in [0.3, 0.4) is 0 Å². The SMILES string of the molecule is CCOCCC(=O)N1CCC(F)(C(=O)O)C1. The van der Waals surface area contributed by atoms with Crippen molar-refractivity contribution >= 4 is 11.9 Å². The predicted octanol–water partition coefficient (Wildman–Crippen LogP) is 0.438. The molecule has 1 aliphatic rings. The first-order valence-corrected chi connectivity index (χ1v) is 5.27. The summed E-state index contributed by atoms with van der Waals surface area (Å²) >= 11 is 0. The van der Waals surface area contributed by atoms with Gasteiger partial charge in [-0.25, -0.2) is 9.18 Å². The van der Waals surface area contributed by atoms with E-state index in [0.717, 1.165) is 0 Å². The summed E-state index contributed by atoms with van der Waals surface area (Å²) in [7, 11) is 0. The number of hydrogen-bond donors (Lipinski definition) is 1. The monoisotopic (exact) mass is 233 g/mol. The molecule has 1 atom stereocenters. The molecule has 0 aliphatic carbocycles. The minimum atomic E-state index is -2.28. The number of nitrogens with zero attached hydrogens (tertiary/aromatic N) is 1. The molecule has 0 aromatic rings. The van der Waals surface area contributed by atoms with Gasteiger partial charge >= 0.3 is 5.97 Å². The van der Waals surface area contributed by atoms with Crippen LogP contribution >= 0.6 is 0 Å². The Labute approximate surface area is 93.2 Å². The molecule has 0 saturated carbocycles. The van der Waals surface area contributed by atoms with Crippen molar-refractivity contribution in [2.75, 3.05) is 26.3 Å². The molecule has 16 heavy (non-hydrogen) atoms. The molecule has 1 aliphatic heterocycles. The van der Waals surface area contributed by atoms with Crippen LogP contribution in [-0.2, 0) is 14.3 Å². The van der Waals surface area contributed by atoms with Crippen LogP contribution < -0.4 is 0 Å². The maximum absolute atomic E-state index is 13.6. The first-order valence-electron chi connectivity index (χ1n) is 5.27. The van der Waals surface area contributed by atoms with Crippen LogP contribution in [0.4, 0.5) is 4.39 Å². The molecule has 5 nitrogen and oxygen atoms in total. The maximum Gasteiger partial charge on any atom is 0.343 e. The number of amides is 1. The van der Waals surface area contributed by atoms with Crippen LogP contribution in [0, 0.1) is 0 Å². The zero-order valence-electron chi connectivity index (χ0n) is 9.24. The molecule has 0 spiro atoms. The molecule has 92 valence electrons. The fourth-order valence-corrected chi connectivity index (χ4v) is 1.62. The fourth-order valence-electron chi connectivity index (χ4n) is 1.62. The smallest absolute Gasteiger partial charge is 0.343 e. The van der Waals surface area contributed by atoms with Crippen LogP contribution in [0.15, 0.2) is 0 Å². The lowest BCUT2D eigenvalue weighted by molar-refractivity contribution is -0.150. The van der Waals surface area contributed by atoms with Crippen molar-refractivity contribution in [3.8, 4) is 0 Å². The quantitative estimate of drug-likeness (QED) is 0.700. The Morgan fingerprint density at radius 3 is 2.75 bits per heavy atom. The van der Waals surface area contributed by atoms with Crippen molar-refractivity contribution in [1.82, 2.24) is 4.90 Å². The largest absolute Gasteiger partial charge is 0.479 e. The van der Waals surface area contributed by atoms with Gasteiger partial charge in [-0.15, -0.1) is 0 Å². The van der Waals surface area contributed by atoms with Gasteiger partial charge in [-0.3, -0.25) is 4.79 Å². The van der Waals surface area contributed by atoms with E-state index in [1.54, 1.807) is 0 Å². The van der Waals surface area contributed by atoms with Crippen LogP contribution in [0.2, 0.25) is 0 Å². The number of aliphatic carboxylic acids is 1. The van der Waals surface area contributed by atoms with Gasteiger partial charge in [0.2, 0.25) is 11.6 Å². The molecule has 0 aromatic heterocycles. The van der Waals surface area contributed by atoms with Gasteiger partial charge in [0.15, 0.2) is 0 Å². The normalized spacial score (nSPS) is 24.8. The number of ether oxygens (including phenoxy) is 1. The molecule has 0 radical (unpaired) electrons. The van der Waals surface area contributed by atoms with Gasteiger partial charge in [-0.05, 0) is 6.92 Å². The highest BCUT2D eigenvalue weighted by Crippen LogP contribution is 2.26. The van der Waals surface area contributed by atoms with Gasteiger partial charge in [0.25, 0.3) is 0 Å². The van der Waals surface area contributed by atoms with Gasteiger partial charge in [-0.1, -0.05) is 0 Å². The standard InChI is InChI=1S/C10H16FNO4/c1-2-16-6-3-8(13)12-5-4-10(11,7-12)9(14)15/h2-7H2,1H3,(H,14,15). The van der Waals surface area contributed by atoms with E-state index in [2.05, 4.69) is 0 Å². The van der Waals surface area contributed by atoms with Crippen LogP contribution in [0.1, 0.15) is 19.8 Å². The van der Waals surface area contributed by atoms with Crippen molar-refractivity contribution in [2.45, 2.75) is 25.4 Å². The van der Waals surface area contributed by atoms with Crippen molar-refractivity contribution in [3.63, 3.8) is 0 Å². The average molecular weight is 233 g/mol. The Morgan fingerprint density at radius 2 is 2.25 bits per heavy atom. The third-order valence-electron chi connectivity index (χ3n) is 2.62. The molecule has 1 heterocycles. The first kappa shape index (κ1) is 12.9. The van der Waals surface area contributed by atoms with Gasteiger partial charge in [0.1, 0.15) is 0 Å².